The van der Waals surface area contributed by atoms with Crippen LogP contribution in [0.25, 0.3) is 11.0 Å². The van der Waals surface area contributed by atoms with E-state index >= 15 is 0 Å². The topological polar surface area (TPSA) is 68.5 Å². The second-order valence-corrected chi connectivity index (χ2v) is 6.17. The Hall–Kier alpha value is -2.60. The lowest BCUT2D eigenvalue weighted by atomic mass is 10.1. The van der Waals surface area contributed by atoms with E-state index < -0.39 is 5.97 Å². The minimum Gasteiger partial charge on any atom is -0.465 e. The van der Waals surface area contributed by atoms with Gasteiger partial charge >= 0.3 is 5.97 Å². The molecule has 2 aromatic heterocycles. The summed E-state index contributed by atoms with van der Waals surface area (Å²) in [5.74, 6) is -0.471. The van der Waals surface area contributed by atoms with Crippen LogP contribution in [0.2, 0.25) is 0 Å². The van der Waals surface area contributed by atoms with Crippen molar-refractivity contribution in [3.8, 4) is 0 Å². The van der Waals surface area contributed by atoms with Crippen LogP contribution in [0.5, 0.6) is 0 Å². The van der Waals surface area contributed by atoms with Gasteiger partial charge in [-0.15, -0.1) is 11.3 Å². The van der Waals surface area contributed by atoms with Crippen LogP contribution >= 0.6 is 11.3 Å². The molecule has 3 rings (SSSR count). The van der Waals surface area contributed by atoms with Gasteiger partial charge in [-0.1, -0.05) is 18.2 Å². The van der Waals surface area contributed by atoms with Crippen molar-refractivity contribution in [3.05, 3.63) is 52.1 Å². The van der Waals surface area contributed by atoms with Crippen molar-refractivity contribution >= 4 is 39.2 Å². The van der Waals surface area contributed by atoms with E-state index in [1.165, 1.54) is 18.4 Å². The summed E-state index contributed by atoms with van der Waals surface area (Å²) < 4.78 is 10.4. The molecule has 0 aliphatic heterocycles. The second-order valence-electron chi connectivity index (χ2n) is 5.12. The third kappa shape index (κ3) is 2.73. The molecule has 0 aliphatic rings. The quantitative estimate of drug-likeness (QED) is 0.733. The van der Waals surface area contributed by atoms with Crippen LogP contribution in [-0.4, -0.2) is 19.0 Å². The summed E-state index contributed by atoms with van der Waals surface area (Å²) >= 11 is 1.18. The lowest BCUT2D eigenvalue weighted by molar-refractivity contribution is 0.0605. The van der Waals surface area contributed by atoms with E-state index in [0.29, 0.717) is 15.5 Å². The van der Waals surface area contributed by atoms with Crippen molar-refractivity contribution in [1.29, 1.82) is 0 Å². The Balaban J connectivity index is 1.89. The fraction of sp³-hybridized carbons (Fsp3) is 0.176. The number of nitrogens with one attached hydrogen (secondary N) is 1. The lowest BCUT2D eigenvalue weighted by Crippen LogP contribution is -2.11. The number of amides is 1. The van der Waals surface area contributed by atoms with Gasteiger partial charge in [-0.2, -0.15) is 0 Å². The predicted molar refractivity (Wildman–Crippen MR) is 89.3 cm³/mol. The summed E-state index contributed by atoms with van der Waals surface area (Å²) in [6, 6.07) is 9.24. The van der Waals surface area contributed by atoms with Crippen molar-refractivity contribution in [2.24, 2.45) is 0 Å². The molecule has 0 bridgehead atoms. The Kier molecular flexibility index (Phi) is 3.92. The van der Waals surface area contributed by atoms with Crippen LogP contribution in [0.3, 0.4) is 0 Å². The summed E-state index contributed by atoms with van der Waals surface area (Å²) in [5.41, 5.74) is 2.23. The number of carbonyl (C=O) groups is 2. The van der Waals surface area contributed by atoms with Crippen molar-refractivity contribution in [2.45, 2.75) is 13.8 Å². The largest absolute Gasteiger partial charge is 0.465 e. The molecule has 1 N–H and O–H groups in total. The molecule has 0 radical (unpaired) electrons. The first kappa shape index (κ1) is 15.3. The first-order valence-corrected chi connectivity index (χ1v) is 7.81. The molecule has 1 amide bonds. The highest BCUT2D eigenvalue weighted by atomic mass is 32.1. The van der Waals surface area contributed by atoms with E-state index in [4.69, 9.17) is 9.15 Å². The van der Waals surface area contributed by atoms with Gasteiger partial charge in [0.25, 0.3) is 5.91 Å². The van der Waals surface area contributed by atoms with Crippen LogP contribution in [0, 0.1) is 13.8 Å². The number of aryl methyl sites for hydroxylation is 2. The third-order valence-corrected chi connectivity index (χ3v) is 4.71. The molecule has 6 heteroatoms. The lowest BCUT2D eigenvalue weighted by Gasteiger charge is -2.00. The maximum atomic E-state index is 12.5. The first-order chi connectivity index (χ1) is 11.0. The molecule has 0 aliphatic carbocycles. The van der Waals surface area contributed by atoms with Gasteiger partial charge in [-0.25, -0.2) is 4.79 Å². The van der Waals surface area contributed by atoms with Crippen molar-refractivity contribution in [3.63, 3.8) is 0 Å². The molecule has 3 aromatic rings. The predicted octanol–water partition coefficient (Wildman–Crippen LogP) is 4.15. The van der Waals surface area contributed by atoms with Gasteiger partial charge in [0.15, 0.2) is 5.76 Å². The molecular weight excluding hydrogens is 314 g/mol. The fourth-order valence-corrected chi connectivity index (χ4v) is 3.38. The van der Waals surface area contributed by atoms with E-state index in [9.17, 15) is 9.59 Å². The molecule has 0 saturated heterocycles. The number of thiophene rings is 1. The molecular formula is C17H15NO4S. The average molecular weight is 329 g/mol. The molecule has 118 valence electrons. The number of furan rings is 1. The SMILES string of the molecule is COC(=O)c1sc(NC(=O)c2oc3ccccc3c2C)cc1C. The van der Waals surface area contributed by atoms with Gasteiger partial charge in [0.05, 0.1) is 12.1 Å². The highest BCUT2D eigenvalue weighted by Gasteiger charge is 2.20. The summed E-state index contributed by atoms with van der Waals surface area (Å²) in [4.78, 5) is 24.6. The number of methoxy groups -OCH3 is 1. The van der Waals surface area contributed by atoms with E-state index in [1.54, 1.807) is 13.0 Å². The van der Waals surface area contributed by atoms with Gasteiger partial charge in [0.1, 0.15) is 10.5 Å². The Bertz CT molecular complexity index is 907. The molecule has 1 aromatic carbocycles. The van der Waals surface area contributed by atoms with Gasteiger partial charge in [-0.05, 0) is 31.5 Å². The first-order valence-electron chi connectivity index (χ1n) is 6.99. The maximum absolute atomic E-state index is 12.5. The van der Waals surface area contributed by atoms with Gasteiger partial charge in [0, 0.05) is 10.9 Å². The molecule has 2 heterocycles. The molecule has 0 spiro atoms. The minimum absolute atomic E-state index is 0.275. The zero-order chi connectivity index (χ0) is 16.6. The Morgan fingerprint density at radius 1 is 1.22 bits per heavy atom. The Labute approximate surface area is 136 Å². The molecule has 0 saturated carbocycles. The van der Waals surface area contributed by atoms with E-state index in [1.807, 2.05) is 31.2 Å². The van der Waals surface area contributed by atoms with Gasteiger partial charge in [-0.3, -0.25) is 4.79 Å². The number of anilines is 1. The van der Waals surface area contributed by atoms with Crippen LogP contribution in [0.4, 0.5) is 5.00 Å². The van der Waals surface area contributed by atoms with Crippen molar-refractivity contribution < 1.29 is 18.7 Å². The molecule has 0 fully saturated rings. The smallest absolute Gasteiger partial charge is 0.348 e. The number of carbonyl (C=O) groups excluding carboxylic acids is 2. The Morgan fingerprint density at radius 3 is 2.65 bits per heavy atom. The highest BCUT2D eigenvalue weighted by Crippen LogP contribution is 2.29. The van der Waals surface area contributed by atoms with E-state index in [-0.39, 0.29) is 11.7 Å². The van der Waals surface area contributed by atoms with Crippen molar-refractivity contribution in [2.75, 3.05) is 12.4 Å². The number of fused-ring (bicyclic) bond motifs is 1. The van der Waals surface area contributed by atoms with Crippen molar-refractivity contribution in [1.82, 2.24) is 0 Å². The van der Waals surface area contributed by atoms with E-state index in [2.05, 4.69) is 5.32 Å². The van der Waals surface area contributed by atoms with Crippen LogP contribution in [0.1, 0.15) is 31.4 Å². The number of benzene rings is 1. The molecule has 0 unspecified atom stereocenters. The van der Waals surface area contributed by atoms with Gasteiger partial charge < -0.3 is 14.5 Å². The maximum Gasteiger partial charge on any atom is 0.348 e. The number of hydrogen-bond acceptors (Lipinski definition) is 5. The highest BCUT2D eigenvalue weighted by molar-refractivity contribution is 7.18. The Morgan fingerprint density at radius 2 is 1.96 bits per heavy atom. The number of rotatable bonds is 3. The number of ether oxygens (including phenoxy) is 1. The van der Waals surface area contributed by atoms with Crippen LogP contribution in [-0.2, 0) is 4.74 Å². The minimum atomic E-state index is -0.409. The van der Waals surface area contributed by atoms with E-state index in [0.717, 1.165) is 16.5 Å². The zero-order valence-corrected chi connectivity index (χ0v) is 13.7. The van der Waals surface area contributed by atoms with Gasteiger partial charge in [0.2, 0.25) is 0 Å². The molecule has 23 heavy (non-hydrogen) atoms. The summed E-state index contributed by atoms with van der Waals surface area (Å²) in [7, 11) is 1.33. The number of hydrogen-bond donors (Lipinski definition) is 1. The summed E-state index contributed by atoms with van der Waals surface area (Å²) in [6.45, 7) is 3.64. The second kappa shape index (κ2) is 5.89. The number of para-hydroxylation sites is 1. The molecule has 5 nitrogen and oxygen atoms in total. The standard InChI is InChI=1S/C17H15NO4S/c1-9-8-13(23-15(9)17(20)21-3)18-16(19)14-10(2)11-6-4-5-7-12(11)22-14/h4-8H,1-3H3,(H,18,19). The fourth-order valence-electron chi connectivity index (χ4n) is 2.40. The normalized spacial score (nSPS) is 10.7. The molecule has 0 atom stereocenters. The zero-order valence-electron chi connectivity index (χ0n) is 12.9. The summed E-state index contributed by atoms with van der Waals surface area (Å²) in [5, 5.41) is 4.27. The van der Waals surface area contributed by atoms with Crippen LogP contribution < -0.4 is 5.32 Å². The monoisotopic (exact) mass is 329 g/mol. The summed E-state index contributed by atoms with van der Waals surface area (Å²) in [6.07, 6.45) is 0. The third-order valence-electron chi connectivity index (χ3n) is 3.58. The van der Waals surface area contributed by atoms with Crippen LogP contribution in [0.15, 0.2) is 34.7 Å². The average Bonchev–Trinajstić information content (AvgIpc) is 3.07. The number of esters is 1.